The minimum atomic E-state index is -0.0988. The summed E-state index contributed by atoms with van der Waals surface area (Å²) < 4.78 is 0. The van der Waals surface area contributed by atoms with E-state index in [1.54, 1.807) is 0 Å². The molecule has 2 nitrogen and oxygen atoms in total. The Morgan fingerprint density at radius 2 is 1.64 bits per heavy atom. The number of aliphatic imine (C=N–C) groups is 1. The smallest absolute Gasteiger partial charge is 0.127 e. The summed E-state index contributed by atoms with van der Waals surface area (Å²) in [4.78, 5) is 4.67. The van der Waals surface area contributed by atoms with Crippen LogP contribution in [-0.4, -0.2) is 16.9 Å². The van der Waals surface area contributed by atoms with Crippen LogP contribution in [0, 0.1) is 6.92 Å². The third-order valence-electron chi connectivity index (χ3n) is 3.91. The molecule has 0 saturated heterocycles. The molecule has 0 fully saturated rings. The van der Waals surface area contributed by atoms with Crippen molar-refractivity contribution in [1.29, 1.82) is 0 Å². The molecule has 0 aliphatic rings. The average Bonchev–Trinajstić information content (AvgIpc) is 2.47. The van der Waals surface area contributed by atoms with Crippen molar-refractivity contribution in [3.8, 4) is 5.75 Å². The van der Waals surface area contributed by atoms with E-state index in [2.05, 4.69) is 71.7 Å². The van der Waals surface area contributed by atoms with Gasteiger partial charge >= 0.3 is 0 Å². The zero-order valence-corrected chi connectivity index (χ0v) is 17.4. The molecule has 0 spiro atoms. The topological polar surface area (TPSA) is 32.6 Å². The summed E-state index contributed by atoms with van der Waals surface area (Å²) in [6.07, 6.45) is 1.97. The summed E-state index contributed by atoms with van der Waals surface area (Å²) >= 11 is 0. The van der Waals surface area contributed by atoms with Crippen LogP contribution >= 0.6 is 8.58 Å². The number of phenolic OH excluding ortho intramolecular Hbond substituents is 1. The Bertz CT molecular complexity index is 780. The highest BCUT2D eigenvalue weighted by molar-refractivity contribution is 7.56. The van der Waals surface area contributed by atoms with Gasteiger partial charge < -0.3 is 5.11 Å². The second-order valence-corrected chi connectivity index (χ2v) is 9.92. The van der Waals surface area contributed by atoms with Crippen molar-refractivity contribution < 1.29 is 5.11 Å². The third-order valence-corrected chi connectivity index (χ3v) is 5.31. The maximum Gasteiger partial charge on any atom is 0.127 e. The maximum atomic E-state index is 10.8. The number of rotatable bonds is 3. The minimum absolute atomic E-state index is 0.0750. The molecule has 1 unspecified atom stereocenters. The van der Waals surface area contributed by atoms with E-state index in [4.69, 9.17) is 0 Å². The Morgan fingerprint density at radius 1 is 0.960 bits per heavy atom. The van der Waals surface area contributed by atoms with Crippen LogP contribution in [0.15, 0.2) is 41.4 Å². The Kier molecular flexibility index (Phi) is 5.74. The van der Waals surface area contributed by atoms with E-state index in [1.165, 1.54) is 10.9 Å². The van der Waals surface area contributed by atoms with Crippen LogP contribution in [0.5, 0.6) is 5.75 Å². The molecule has 1 atom stereocenters. The van der Waals surface area contributed by atoms with Gasteiger partial charge in [0.05, 0.1) is 5.54 Å². The van der Waals surface area contributed by atoms with Crippen molar-refractivity contribution >= 4 is 25.4 Å². The van der Waals surface area contributed by atoms with Gasteiger partial charge in [0.15, 0.2) is 0 Å². The molecule has 134 valence electrons. The quantitative estimate of drug-likeness (QED) is 0.620. The standard InChI is InChI=1S/C22H30NOP/c1-15-11-12-18(16(13-15)14-23-22(5,6)7)25-19-10-8-9-17(20(19)24)21(2,3)4/h8-14,24-25H,1-7H3. The van der Waals surface area contributed by atoms with Crippen molar-refractivity contribution in [2.24, 2.45) is 4.99 Å². The van der Waals surface area contributed by atoms with Gasteiger partial charge in [0.1, 0.15) is 5.75 Å². The zero-order valence-electron chi connectivity index (χ0n) is 16.4. The number of hydrogen-bond acceptors (Lipinski definition) is 2. The van der Waals surface area contributed by atoms with E-state index in [9.17, 15) is 5.11 Å². The van der Waals surface area contributed by atoms with Gasteiger partial charge in [0, 0.05) is 17.1 Å². The van der Waals surface area contributed by atoms with Gasteiger partial charge in [-0.2, -0.15) is 0 Å². The van der Waals surface area contributed by atoms with Crippen molar-refractivity contribution in [3.63, 3.8) is 0 Å². The molecular formula is C22H30NOP. The molecule has 0 amide bonds. The maximum absolute atomic E-state index is 10.8. The molecule has 0 radical (unpaired) electrons. The predicted molar refractivity (Wildman–Crippen MR) is 113 cm³/mol. The molecule has 0 saturated carbocycles. The highest BCUT2D eigenvalue weighted by Gasteiger charge is 2.20. The number of benzene rings is 2. The largest absolute Gasteiger partial charge is 0.507 e. The molecule has 2 rings (SSSR count). The first kappa shape index (κ1) is 19.7. The molecule has 3 heteroatoms. The molecule has 0 bridgehead atoms. The van der Waals surface area contributed by atoms with E-state index in [1.807, 2.05) is 24.4 Å². The summed E-state index contributed by atoms with van der Waals surface area (Å²) in [5, 5.41) is 13.0. The van der Waals surface area contributed by atoms with E-state index in [0.29, 0.717) is 14.3 Å². The first-order valence-corrected chi connectivity index (χ1v) is 9.73. The minimum Gasteiger partial charge on any atom is -0.507 e. The summed E-state index contributed by atoms with van der Waals surface area (Å²) in [6.45, 7) is 14.8. The predicted octanol–water partition coefficient (Wildman–Crippen LogP) is 4.84. The zero-order chi connectivity index (χ0) is 18.8. The number of nitrogens with zero attached hydrogens (tertiary/aromatic N) is 1. The van der Waals surface area contributed by atoms with Gasteiger partial charge in [-0.1, -0.05) is 65.2 Å². The molecule has 0 aliphatic heterocycles. The molecular weight excluding hydrogens is 325 g/mol. The summed E-state index contributed by atoms with van der Waals surface area (Å²) in [6, 6.07) is 12.5. The molecule has 2 aromatic rings. The SMILES string of the molecule is Cc1ccc(Pc2cccc(C(C)(C)C)c2O)c(C=NC(C)(C)C)c1. The Labute approximate surface area is 154 Å². The molecule has 0 aromatic heterocycles. The summed E-state index contributed by atoms with van der Waals surface area (Å²) in [5.74, 6) is 0.424. The van der Waals surface area contributed by atoms with Gasteiger partial charge in [-0.3, -0.25) is 4.99 Å². The summed E-state index contributed by atoms with van der Waals surface area (Å²) in [7, 11) is 0.398. The highest BCUT2D eigenvalue weighted by Crippen LogP contribution is 2.32. The molecule has 25 heavy (non-hydrogen) atoms. The monoisotopic (exact) mass is 355 g/mol. The fourth-order valence-corrected chi connectivity index (χ4v) is 3.73. The van der Waals surface area contributed by atoms with Gasteiger partial charge in [0.2, 0.25) is 0 Å². The van der Waals surface area contributed by atoms with E-state index in [0.717, 1.165) is 16.4 Å². The molecule has 1 N–H and O–H groups in total. The van der Waals surface area contributed by atoms with E-state index in [-0.39, 0.29) is 11.0 Å². The van der Waals surface area contributed by atoms with Crippen molar-refractivity contribution in [3.05, 3.63) is 53.1 Å². The molecule has 0 aliphatic carbocycles. The van der Waals surface area contributed by atoms with Crippen molar-refractivity contribution in [1.82, 2.24) is 0 Å². The number of phenols is 1. The lowest BCUT2D eigenvalue weighted by Gasteiger charge is -2.22. The molecule has 2 aromatic carbocycles. The fourth-order valence-electron chi connectivity index (χ4n) is 2.56. The van der Waals surface area contributed by atoms with Crippen LogP contribution in [0.25, 0.3) is 0 Å². The van der Waals surface area contributed by atoms with E-state index >= 15 is 0 Å². The van der Waals surface area contributed by atoms with Crippen LogP contribution in [0.4, 0.5) is 0 Å². The third kappa shape index (κ3) is 5.41. The van der Waals surface area contributed by atoms with Crippen LogP contribution < -0.4 is 10.6 Å². The van der Waals surface area contributed by atoms with Crippen LogP contribution in [-0.2, 0) is 5.41 Å². The summed E-state index contributed by atoms with van der Waals surface area (Å²) in [5.41, 5.74) is 3.17. The lowest BCUT2D eigenvalue weighted by molar-refractivity contribution is 0.451. The second-order valence-electron chi connectivity index (χ2n) is 8.60. The van der Waals surface area contributed by atoms with Gasteiger partial charge in [-0.05, 0) is 50.0 Å². The van der Waals surface area contributed by atoms with Crippen molar-refractivity contribution in [2.45, 2.75) is 59.4 Å². The van der Waals surface area contributed by atoms with Crippen LogP contribution in [0.2, 0.25) is 0 Å². The first-order valence-electron chi connectivity index (χ1n) is 8.73. The lowest BCUT2D eigenvalue weighted by Crippen LogP contribution is -2.17. The number of hydrogen-bond donors (Lipinski definition) is 1. The molecule has 0 heterocycles. The van der Waals surface area contributed by atoms with Gasteiger partial charge in [0.25, 0.3) is 0 Å². The number of para-hydroxylation sites is 1. The van der Waals surface area contributed by atoms with Crippen LogP contribution in [0.1, 0.15) is 58.2 Å². The highest BCUT2D eigenvalue weighted by atomic mass is 31.1. The first-order chi connectivity index (χ1) is 11.5. The normalized spacial score (nSPS) is 13.2. The second kappa shape index (κ2) is 7.30. The van der Waals surface area contributed by atoms with Crippen LogP contribution in [0.3, 0.4) is 0 Å². The number of aromatic hydroxyl groups is 1. The number of aryl methyl sites for hydroxylation is 1. The van der Waals surface area contributed by atoms with Crippen molar-refractivity contribution in [2.75, 3.05) is 0 Å². The van der Waals surface area contributed by atoms with E-state index < -0.39 is 0 Å². The van der Waals surface area contributed by atoms with Gasteiger partial charge in [-0.25, -0.2) is 0 Å². The van der Waals surface area contributed by atoms with Gasteiger partial charge in [-0.15, -0.1) is 0 Å². The Hall–Kier alpha value is -1.66. The fraction of sp³-hybridized carbons (Fsp3) is 0.409. The lowest BCUT2D eigenvalue weighted by atomic mass is 9.86. The average molecular weight is 355 g/mol. The Morgan fingerprint density at radius 3 is 2.24 bits per heavy atom. The Balaban J connectivity index is 2.43.